The summed E-state index contributed by atoms with van der Waals surface area (Å²) < 4.78 is 13.0. The standard InChI is InChI=1S/C8H9ClFNO/c9-7-2-1-3-8(10)6(7)4-5-12-11/h1-3H,4-5,11H2. The Labute approximate surface area is 75.0 Å². The molecule has 1 aromatic rings. The summed E-state index contributed by atoms with van der Waals surface area (Å²) in [5.41, 5.74) is 0.449. The van der Waals surface area contributed by atoms with E-state index in [0.717, 1.165) is 0 Å². The van der Waals surface area contributed by atoms with Gasteiger partial charge in [0.2, 0.25) is 0 Å². The van der Waals surface area contributed by atoms with Crippen molar-refractivity contribution in [2.45, 2.75) is 6.42 Å². The Morgan fingerprint density at radius 3 is 2.83 bits per heavy atom. The van der Waals surface area contributed by atoms with Crippen molar-refractivity contribution in [3.63, 3.8) is 0 Å². The summed E-state index contributed by atoms with van der Waals surface area (Å²) in [6.45, 7) is 0.265. The first-order valence-electron chi connectivity index (χ1n) is 3.50. The Morgan fingerprint density at radius 2 is 2.25 bits per heavy atom. The summed E-state index contributed by atoms with van der Waals surface area (Å²) in [5, 5.41) is 0.409. The normalized spacial score (nSPS) is 10.2. The molecule has 4 heteroatoms. The van der Waals surface area contributed by atoms with Crippen LogP contribution in [0.4, 0.5) is 4.39 Å². The average Bonchev–Trinajstić information content (AvgIpc) is 2.04. The van der Waals surface area contributed by atoms with E-state index < -0.39 is 0 Å². The first-order valence-corrected chi connectivity index (χ1v) is 3.88. The fraction of sp³-hybridized carbons (Fsp3) is 0.250. The molecule has 0 aliphatic carbocycles. The van der Waals surface area contributed by atoms with Crippen LogP contribution in [0.5, 0.6) is 0 Å². The van der Waals surface area contributed by atoms with Gasteiger partial charge in [0, 0.05) is 17.0 Å². The van der Waals surface area contributed by atoms with Gasteiger partial charge in [-0.25, -0.2) is 10.3 Å². The van der Waals surface area contributed by atoms with Crippen LogP contribution in [0.1, 0.15) is 5.56 Å². The molecule has 0 unspecified atom stereocenters. The molecule has 1 rings (SSSR count). The summed E-state index contributed by atoms with van der Waals surface area (Å²) in [4.78, 5) is 4.33. The van der Waals surface area contributed by atoms with Crippen LogP contribution in [0.25, 0.3) is 0 Å². The van der Waals surface area contributed by atoms with Crippen molar-refractivity contribution in [2.24, 2.45) is 5.90 Å². The second kappa shape index (κ2) is 4.40. The van der Waals surface area contributed by atoms with Gasteiger partial charge in [-0.3, -0.25) is 0 Å². The molecule has 0 bridgehead atoms. The maximum absolute atomic E-state index is 13.0. The molecule has 0 saturated carbocycles. The van der Waals surface area contributed by atoms with E-state index in [4.69, 9.17) is 17.5 Å². The van der Waals surface area contributed by atoms with Gasteiger partial charge in [-0.1, -0.05) is 17.7 Å². The molecule has 66 valence electrons. The van der Waals surface area contributed by atoms with Gasteiger partial charge in [0.15, 0.2) is 0 Å². The van der Waals surface area contributed by atoms with Crippen molar-refractivity contribution in [2.75, 3.05) is 6.61 Å². The highest BCUT2D eigenvalue weighted by atomic mass is 35.5. The Balaban J connectivity index is 2.81. The second-order valence-corrected chi connectivity index (χ2v) is 2.73. The molecular formula is C8H9ClFNO. The van der Waals surface area contributed by atoms with Crippen LogP contribution in [-0.2, 0) is 11.3 Å². The largest absolute Gasteiger partial charge is 0.304 e. The summed E-state index contributed by atoms with van der Waals surface area (Å²) in [7, 11) is 0. The van der Waals surface area contributed by atoms with Gasteiger partial charge in [-0.15, -0.1) is 0 Å². The number of hydrogen-bond donors (Lipinski definition) is 1. The van der Waals surface area contributed by atoms with Gasteiger partial charge in [-0.2, -0.15) is 0 Å². The van der Waals surface area contributed by atoms with Crippen LogP contribution >= 0.6 is 11.6 Å². The summed E-state index contributed by atoms with van der Waals surface area (Å²) >= 11 is 5.73. The zero-order chi connectivity index (χ0) is 8.97. The van der Waals surface area contributed by atoms with Gasteiger partial charge < -0.3 is 4.84 Å². The van der Waals surface area contributed by atoms with Crippen LogP contribution in [0.3, 0.4) is 0 Å². The van der Waals surface area contributed by atoms with Crippen molar-refractivity contribution in [1.29, 1.82) is 0 Å². The van der Waals surface area contributed by atoms with Gasteiger partial charge in [-0.05, 0) is 12.1 Å². The third-order valence-corrected chi connectivity index (χ3v) is 1.89. The van der Waals surface area contributed by atoms with E-state index in [1.165, 1.54) is 6.07 Å². The van der Waals surface area contributed by atoms with Crippen molar-refractivity contribution in [3.05, 3.63) is 34.6 Å². The minimum atomic E-state index is -0.320. The third kappa shape index (κ3) is 2.17. The van der Waals surface area contributed by atoms with E-state index in [1.54, 1.807) is 12.1 Å². The summed E-state index contributed by atoms with van der Waals surface area (Å²) in [6.07, 6.45) is 0.391. The molecule has 12 heavy (non-hydrogen) atoms. The molecule has 0 aliphatic heterocycles. The molecule has 0 saturated heterocycles. The fourth-order valence-corrected chi connectivity index (χ4v) is 1.19. The lowest BCUT2D eigenvalue weighted by molar-refractivity contribution is 0.140. The lowest BCUT2D eigenvalue weighted by atomic mass is 10.1. The molecule has 0 atom stereocenters. The van der Waals surface area contributed by atoms with Crippen LogP contribution in [0.2, 0.25) is 5.02 Å². The molecule has 0 aromatic heterocycles. The Kier molecular flexibility index (Phi) is 3.47. The quantitative estimate of drug-likeness (QED) is 0.738. The topological polar surface area (TPSA) is 35.2 Å². The lowest BCUT2D eigenvalue weighted by Crippen LogP contribution is -2.05. The van der Waals surface area contributed by atoms with Gasteiger partial charge in [0.05, 0.1) is 6.61 Å². The van der Waals surface area contributed by atoms with E-state index in [0.29, 0.717) is 17.0 Å². The molecule has 2 N–H and O–H groups in total. The molecule has 0 radical (unpaired) electrons. The van der Waals surface area contributed by atoms with Crippen LogP contribution < -0.4 is 5.90 Å². The third-order valence-electron chi connectivity index (χ3n) is 1.53. The SMILES string of the molecule is NOCCc1c(F)cccc1Cl. The predicted molar refractivity (Wildman–Crippen MR) is 45.3 cm³/mol. The van der Waals surface area contributed by atoms with Crippen molar-refractivity contribution < 1.29 is 9.23 Å². The van der Waals surface area contributed by atoms with Crippen molar-refractivity contribution >= 4 is 11.6 Å². The number of nitrogens with two attached hydrogens (primary N) is 1. The molecular weight excluding hydrogens is 181 g/mol. The van der Waals surface area contributed by atoms with Gasteiger partial charge in [0.25, 0.3) is 0 Å². The number of hydrogen-bond acceptors (Lipinski definition) is 2. The first-order chi connectivity index (χ1) is 5.75. The molecule has 0 amide bonds. The van der Waals surface area contributed by atoms with Gasteiger partial charge in [0.1, 0.15) is 5.82 Å². The van der Waals surface area contributed by atoms with Crippen LogP contribution in [-0.4, -0.2) is 6.61 Å². The second-order valence-electron chi connectivity index (χ2n) is 2.32. The Hall–Kier alpha value is -0.640. The highest BCUT2D eigenvalue weighted by Gasteiger charge is 2.05. The summed E-state index contributed by atoms with van der Waals surface area (Å²) in [6, 6.07) is 4.55. The number of halogens is 2. The maximum atomic E-state index is 13.0. The van der Waals surface area contributed by atoms with Crippen LogP contribution in [0.15, 0.2) is 18.2 Å². The molecule has 1 aromatic carbocycles. The Bertz CT molecular complexity index is 247. The monoisotopic (exact) mass is 189 g/mol. The molecule has 0 heterocycles. The Morgan fingerprint density at radius 1 is 1.50 bits per heavy atom. The predicted octanol–water partition coefficient (Wildman–Crippen LogP) is 1.91. The van der Waals surface area contributed by atoms with Gasteiger partial charge >= 0.3 is 0 Å². The van der Waals surface area contributed by atoms with Crippen molar-refractivity contribution in [1.82, 2.24) is 0 Å². The average molecular weight is 190 g/mol. The molecule has 0 spiro atoms. The maximum Gasteiger partial charge on any atom is 0.127 e. The van der Waals surface area contributed by atoms with Crippen LogP contribution in [0, 0.1) is 5.82 Å². The lowest BCUT2D eigenvalue weighted by Gasteiger charge is -2.03. The first kappa shape index (κ1) is 9.45. The molecule has 2 nitrogen and oxygen atoms in total. The minimum Gasteiger partial charge on any atom is -0.304 e. The van der Waals surface area contributed by atoms with E-state index >= 15 is 0 Å². The highest BCUT2D eigenvalue weighted by molar-refractivity contribution is 6.31. The van der Waals surface area contributed by atoms with E-state index in [-0.39, 0.29) is 12.4 Å². The fourth-order valence-electron chi connectivity index (χ4n) is 0.932. The highest BCUT2D eigenvalue weighted by Crippen LogP contribution is 2.18. The van der Waals surface area contributed by atoms with E-state index in [2.05, 4.69) is 4.84 Å². The number of rotatable bonds is 3. The van der Waals surface area contributed by atoms with Crippen molar-refractivity contribution in [3.8, 4) is 0 Å². The number of benzene rings is 1. The minimum absolute atomic E-state index is 0.265. The zero-order valence-corrected chi connectivity index (χ0v) is 7.14. The van der Waals surface area contributed by atoms with E-state index in [9.17, 15) is 4.39 Å². The zero-order valence-electron chi connectivity index (χ0n) is 6.39. The molecule has 0 aliphatic rings. The molecule has 0 fully saturated rings. The van der Waals surface area contributed by atoms with E-state index in [1.807, 2.05) is 0 Å². The smallest absolute Gasteiger partial charge is 0.127 e. The summed E-state index contributed by atoms with van der Waals surface area (Å²) in [5.74, 6) is 4.49.